The van der Waals surface area contributed by atoms with Crippen molar-refractivity contribution >= 4 is 23.6 Å². The smallest absolute Gasteiger partial charge is 0.337 e. The highest BCUT2D eigenvalue weighted by Gasteiger charge is 2.23. The molecule has 0 aromatic heterocycles. The van der Waals surface area contributed by atoms with E-state index in [-0.39, 0.29) is 11.9 Å². The Morgan fingerprint density at radius 2 is 2.16 bits per heavy atom. The summed E-state index contributed by atoms with van der Waals surface area (Å²) < 4.78 is 4.75. The molecule has 4 heteroatoms. The van der Waals surface area contributed by atoms with Gasteiger partial charge in [0.2, 0.25) is 5.91 Å². The van der Waals surface area contributed by atoms with Crippen LogP contribution in [0.3, 0.4) is 0 Å². The highest BCUT2D eigenvalue weighted by atomic mass is 16.5. The standard InChI is InChI=1S/C15H17NO3/c1-3-5-11-8-12(15(18)19-2)10-13(9-11)16-7-4-6-14(16)17/h3,5,8-10H,4,6-7H2,1-2H3/b5-3+. The van der Waals surface area contributed by atoms with Crippen LogP contribution in [0.2, 0.25) is 0 Å². The number of esters is 1. The van der Waals surface area contributed by atoms with Gasteiger partial charge < -0.3 is 9.64 Å². The molecule has 0 N–H and O–H groups in total. The summed E-state index contributed by atoms with van der Waals surface area (Å²) in [7, 11) is 1.35. The highest BCUT2D eigenvalue weighted by molar-refractivity contribution is 5.98. The molecule has 1 heterocycles. The molecule has 0 saturated carbocycles. The summed E-state index contributed by atoms with van der Waals surface area (Å²) in [6.45, 7) is 2.62. The number of allylic oxidation sites excluding steroid dienone is 1. The van der Waals surface area contributed by atoms with E-state index in [2.05, 4.69) is 0 Å². The molecular weight excluding hydrogens is 242 g/mol. The number of methoxy groups -OCH3 is 1. The quantitative estimate of drug-likeness (QED) is 0.784. The van der Waals surface area contributed by atoms with Crippen LogP contribution in [0, 0.1) is 0 Å². The maximum atomic E-state index is 11.8. The zero-order chi connectivity index (χ0) is 13.8. The number of hydrogen-bond acceptors (Lipinski definition) is 3. The van der Waals surface area contributed by atoms with E-state index in [0.29, 0.717) is 18.5 Å². The van der Waals surface area contributed by atoms with E-state index in [4.69, 9.17) is 4.74 Å². The number of benzene rings is 1. The van der Waals surface area contributed by atoms with Crippen molar-refractivity contribution in [1.29, 1.82) is 0 Å². The molecule has 2 rings (SSSR count). The molecule has 19 heavy (non-hydrogen) atoms. The molecule has 0 bridgehead atoms. The van der Waals surface area contributed by atoms with Gasteiger partial charge in [0, 0.05) is 18.7 Å². The minimum Gasteiger partial charge on any atom is -0.465 e. The number of nitrogens with zero attached hydrogens (tertiary/aromatic N) is 1. The van der Waals surface area contributed by atoms with Crippen molar-refractivity contribution in [2.45, 2.75) is 19.8 Å². The molecule has 1 amide bonds. The van der Waals surface area contributed by atoms with Crippen molar-refractivity contribution in [2.24, 2.45) is 0 Å². The van der Waals surface area contributed by atoms with E-state index < -0.39 is 0 Å². The molecule has 4 nitrogen and oxygen atoms in total. The third-order valence-corrected chi connectivity index (χ3v) is 3.11. The maximum Gasteiger partial charge on any atom is 0.337 e. The molecule has 0 aliphatic carbocycles. The predicted octanol–water partition coefficient (Wildman–Crippen LogP) is 2.63. The van der Waals surface area contributed by atoms with Crippen LogP contribution in [-0.2, 0) is 9.53 Å². The van der Waals surface area contributed by atoms with Gasteiger partial charge in [-0.25, -0.2) is 4.79 Å². The van der Waals surface area contributed by atoms with Crippen LogP contribution in [0.25, 0.3) is 6.08 Å². The minimum absolute atomic E-state index is 0.105. The van der Waals surface area contributed by atoms with Gasteiger partial charge in [0.25, 0.3) is 0 Å². The first-order valence-electron chi connectivity index (χ1n) is 6.32. The van der Waals surface area contributed by atoms with Crippen molar-refractivity contribution in [1.82, 2.24) is 0 Å². The van der Waals surface area contributed by atoms with E-state index in [1.807, 2.05) is 25.1 Å². The lowest BCUT2D eigenvalue weighted by Gasteiger charge is -2.17. The summed E-state index contributed by atoms with van der Waals surface area (Å²) in [4.78, 5) is 25.2. The van der Waals surface area contributed by atoms with Crippen molar-refractivity contribution in [3.8, 4) is 0 Å². The highest BCUT2D eigenvalue weighted by Crippen LogP contribution is 2.25. The molecule has 0 radical (unpaired) electrons. The molecule has 1 fully saturated rings. The van der Waals surface area contributed by atoms with Gasteiger partial charge in [-0.1, -0.05) is 12.2 Å². The second kappa shape index (κ2) is 5.69. The Hall–Kier alpha value is -2.10. The van der Waals surface area contributed by atoms with Crippen LogP contribution in [-0.4, -0.2) is 25.5 Å². The van der Waals surface area contributed by atoms with Gasteiger partial charge in [0.05, 0.1) is 12.7 Å². The number of carbonyl (C=O) groups excluding carboxylic acids is 2. The SMILES string of the molecule is C/C=C/c1cc(C(=O)OC)cc(N2CCCC2=O)c1. The first kappa shape index (κ1) is 13.3. The molecule has 0 unspecified atom stereocenters. The molecule has 1 aliphatic heterocycles. The van der Waals surface area contributed by atoms with Crippen LogP contribution in [0.1, 0.15) is 35.7 Å². The third kappa shape index (κ3) is 2.84. The van der Waals surface area contributed by atoms with E-state index in [1.165, 1.54) is 7.11 Å². The minimum atomic E-state index is -0.390. The fraction of sp³-hybridized carbons (Fsp3) is 0.333. The molecule has 1 aromatic carbocycles. The lowest BCUT2D eigenvalue weighted by Crippen LogP contribution is -2.24. The molecular formula is C15H17NO3. The summed E-state index contributed by atoms with van der Waals surface area (Å²) in [5.74, 6) is -0.285. The Morgan fingerprint density at radius 1 is 1.37 bits per heavy atom. The first-order chi connectivity index (χ1) is 9.15. The predicted molar refractivity (Wildman–Crippen MR) is 74.1 cm³/mol. The number of amides is 1. The van der Waals surface area contributed by atoms with Gasteiger partial charge in [-0.2, -0.15) is 0 Å². The van der Waals surface area contributed by atoms with E-state index >= 15 is 0 Å². The average Bonchev–Trinajstić information content (AvgIpc) is 2.84. The molecule has 0 spiro atoms. The van der Waals surface area contributed by atoms with Gasteiger partial charge in [-0.15, -0.1) is 0 Å². The number of rotatable bonds is 3. The van der Waals surface area contributed by atoms with Crippen LogP contribution < -0.4 is 4.90 Å². The van der Waals surface area contributed by atoms with Crippen LogP contribution in [0.15, 0.2) is 24.3 Å². The molecule has 1 aromatic rings. The zero-order valence-electron chi connectivity index (χ0n) is 11.2. The Labute approximate surface area is 112 Å². The summed E-state index contributed by atoms with van der Waals surface area (Å²) in [5.41, 5.74) is 2.12. The second-order valence-electron chi connectivity index (χ2n) is 4.45. The van der Waals surface area contributed by atoms with Crippen molar-refractivity contribution < 1.29 is 14.3 Å². The van der Waals surface area contributed by atoms with E-state index in [9.17, 15) is 9.59 Å². The first-order valence-corrected chi connectivity index (χ1v) is 6.32. The Balaban J connectivity index is 2.44. The third-order valence-electron chi connectivity index (χ3n) is 3.11. The fourth-order valence-electron chi connectivity index (χ4n) is 2.24. The summed E-state index contributed by atoms with van der Waals surface area (Å²) in [6, 6.07) is 5.38. The van der Waals surface area contributed by atoms with Gasteiger partial charge in [0.15, 0.2) is 0 Å². The van der Waals surface area contributed by atoms with Crippen molar-refractivity contribution in [3.63, 3.8) is 0 Å². The van der Waals surface area contributed by atoms with Crippen molar-refractivity contribution in [3.05, 3.63) is 35.4 Å². The van der Waals surface area contributed by atoms with Crippen LogP contribution >= 0.6 is 0 Å². The lowest BCUT2D eigenvalue weighted by atomic mass is 10.1. The number of anilines is 1. The number of carbonyl (C=O) groups is 2. The molecule has 100 valence electrons. The van der Waals surface area contributed by atoms with Crippen LogP contribution in [0.5, 0.6) is 0 Å². The van der Waals surface area contributed by atoms with Gasteiger partial charge >= 0.3 is 5.97 Å². The monoisotopic (exact) mass is 259 g/mol. The second-order valence-corrected chi connectivity index (χ2v) is 4.45. The summed E-state index contributed by atoms with van der Waals surface area (Å²) >= 11 is 0. The van der Waals surface area contributed by atoms with Gasteiger partial charge in [-0.05, 0) is 37.1 Å². The van der Waals surface area contributed by atoms with Crippen LogP contribution in [0.4, 0.5) is 5.69 Å². The fourth-order valence-corrected chi connectivity index (χ4v) is 2.24. The zero-order valence-corrected chi connectivity index (χ0v) is 11.2. The topological polar surface area (TPSA) is 46.6 Å². The Kier molecular flexibility index (Phi) is 4.00. The van der Waals surface area contributed by atoms with E-state index in [1.54, 1.807) is 17.0 Å². The summed E-state index contributed by atoms with van der Waals surface area (Å²) in [5, 5.41) is 0. The Morgan fingerprint density at radius 3 is 2.74 bits per heavy atom. The normalized spacial score (nSPS) is 15.3. The number of ether oxygens (including phenoxy) is 1. The maximum absolute atomic E-state index is 11.8. The molecule has 1 aliphatic rings. The van der Waals surface area contributed by atoms with Crippen molar-refractivity contribution in [2.75, 3.05) is 18.6 Å². The largest absolute Gasteiger partial charge is 0.465 e. The summed E-state index contributed by atoms with van der Waals surface area (Å²) in [6.07, 6.45) is 5.23. The number of hydrogen-bond donors (Lipinski definition) is 0. The Bertz CT molecular complexity index is 534. The molecule has 0 atom stereocenters. The van der Waals surface area contributed by atoms with Gasteiger partial charge in [-0.3, -0.25) is 4.79 Å². The lowest BCUT2D eigenvalue weighted by molar-refractivity contribution is -0.117. The molecule has 1 saturated heterocycles. The average molecular weight is 259 g/mol. The van der Waals surface area contributed by atoms with E-state index in [0.717, 1.165) is 17.7 Å². The van der Waals surface area contributed by atoms with Gasteiger partial charge in [0.1, 0.15) is 0 Å².